The third kappa shape index (κ3) is 2.21. The fourth-order valence-electron chi connectivity index (χ4n) is 1.58. The van der Waals surface area contributed by atoms with Gasteiger partial charge in [0.2, 0.25) is 5.91 Å². The number of amides is 1. The Morgan fingerprint density at radius 1 is 1.56 bits per heavy atom. The van der Waals surface area contributed by atoms with Crippen molar-refractivity contribution in [1.82, 2.24) is 14.7 Å². The Hall–Kier alpha value is -1.85. The number of hydrogen-bond acceptors (Lipinski definition) is 3. The molecule has 0 bridgehead atoms. The van der Waals surface area contributed by atoms with E-state index in [9.17, 15) is 9.59 Å². The first-order chi connectivity index (χ1) is 7.34. The minimum Gasteiger partial charge on any atom is -0.479 e. The highest BCUT2D eigenvalue weighted by atomic mass is 16.4. The first-order valence-corrected chi connectivity index (χ1v) is 4.81. The number of aliphatic carboxylic acids is 1. The minimum absolute atomic E-state index is 0.296. The summed E-state index contributed by atoms with van der Waals surface area (Å²) in [5.41, 5.74) is 1.15. The van der Waals surface area contributed by atoms with Crippen LogP contribution in [0.2, 0.25) is 0 Å². The second kappa shape index (κ2) is 4.34. The molecule has 1 N–H and O–H groups in total. The number of hydrogen-bond donors (Lipinski definition) is 1. The molecule has 1 rings (SSSR count). The molecule has 0 aliphatic heterocycles. The molecule has 6 nitrogen and oxygen atoms in total. The van der Waals surface area contributed by atoms with Crippen molar-refractivity contribution in [2.24, 2.45) is 7.05 Å². The van der Waals surface area contributed by atoms with Crippen LogP contribution >= 0.6 is 0 Å². The van der Waals surface area contributed by atoms with Crippen molar-refractivity contribution < 1.29 is 14.7 Å². The Morgan fingerprint density at radius 2 is 2.12 bits per heavy atom. The lowest BCUT2D eigenvalue weighted by Gasteiger charge is -2.23. The molecule has 0 spiro atoms. The van der Waals surface area contributed by atoms with E-state index in [1.54, 1.807) is 20.2 Å². The smallest absolute Gasteiger partial charge is 0.331 e. The summed E-state index contributed by atoms with van der Waals surface area (Å²) in [4.78, 5) is 23.6. The maximum atomic E-state index is 11.2. The van der Waals surface area contributed by atoms with Crippen LogP contribution < -0.4 is 0 Å². The summed E-state index contributed by atoms with van der Waals surface area (Å²) in [5.74, 6) is -1.36. The number of rotatable bonds is 3. The van der Waals surface area contributed by atoms with Gasteiger partial charge in [0.25, 0.3) is 0 Å². The van der Waals surface area contributed by atoms with Crippen LogP contribution in [0.5, 0.6) is 0 Å². The number of carbonyl (C=O) groups excluding carboxylic acids is 1. The molecule has 0 saturated heterocycles. The van der Waals surface area contributed by atoms with Crippen LogP contribution in [0.25, 0.3) is 0 Å². The van der Waals surface area contributed by atoms with Crippen molar-refractivity contribution in [3.63, 3.8) is 0 Å². The highest BCUT2D eigenvalue weighted by Crippen LogP contribution is 2.22. The SMILES string of the molecule is CC(=O)N(C)C(C(=O)O)c1cn(C)nc1C. The van der Waals surface area contributed by atoms with Gasteiger partial charge in [-0.3, -0.25) is 9.48 Å². The van der Waals surface area contributed by atoms with E-state index < -0.39 is 12.0 Å². The van der Waals surface area contributed by atoms with Gasteiger partial charge in [0.15, 0.2) is 6.04 Å². The van der Waals surface area contributed by atoms with Gasteiger partial charge in [0.05, 0.1) is 5.69 Å². The fourth-order valence-corrected chi connectivity index (χ4v) is 1.58. The van der Waals surface area contributed by atoms with E-state index in [4.69, 9.17) is 5.11 Å². The molecule has 1 atom stereocenters. The number of aromatic nitrogens is 2. The van der Waals surface area contributed by atoms with Gasteiger partial charge >= 0.3 is 5.97 Å². The average Bonchev–Trinajstić information content (AvgIpc) is 2.45. The Morgan fingerprint density at radius 3 is 2.44 bits per heavy atom. The van der Waals surface area contributed by atoms with Crippen LogP contribution in [0.3, 0.4) is 0 Å². The van der Waals surface area contributed by atoms with Crippen LogP contribution in [0, 0.1) is 6.92 Å². The predicted molar refractivity (Wildman–Crippen MR) is 56.8 cm³/mol. The van der Waals surface area contributed by atoms with Gasteiger partial charge in [0.1, 0.15) is 0 Å². The molecular formula is C10H15N3O3. The number of likely N-dealkylation sites (N-methyl/N-ethyl adjacent to an activating group) is 1. The van der Waals surface area contributed by atoms with Gasteiger partial charge in [-0.05, 0) is 6.92 Å². The van der Waals surface area contributed by atoms with Crippen LogP contribution in [0.15, 0.2) is 6.20 Å². The highest BCUT2D eigenvalue weighted by molar-refractivity contribution is 5.83. The van der Waals surface area contributed by atoms with Gasteiger partial charge in [0, 0.05) is 32.8 Å². The zero-order valence-corrected chi connectivity index (χ0v) is 9.76. The van der Waals surface area contributed by atoms with Crippen molar-refractivity contribution in [3.05, 3.63) is 17.5 Å². The number of nitrogens with zero attached hydrogens (tertiary/aromatic N) is 3. The maximum Gasteiger partial charge on any atom is 0.331 e. The van der Waals surface area contributed by atoms with E-state index in [-0.39, 0.29) is 5.91 Å². The monoisotopic (exact) mass is 225 g/mol. The first kappa shape index (κ1) is 12.2. The molecule has 0 radical (unpaired) electrons. The number of carboxylic acid groups (broad SMARTS) is 1. The third-order valence-corrected chi connectivity index (χ3v) is 2.46. The highest BCUT2D eigenvalue weighted by Gasteiger charge is 2.29. The van der Waals surface area contributed by atoms with E-state index in [0.29, 0.717) is 11.3 Å². The van der Waals surface area contributed by atoms with Gasteiger partial charge < -0.3 is 10.0 Å². The molecule has 1 aromatic heterocycles. The summed E-state index contributed by atoms with van der Waals surface area (Å²) in [6, 6.07) is -0.980. The Kier molecular flexibility index (Phi) is 3.31. The first-order valence-electron chi connectivity index (χ1n) is 4.81. The Labute approximate surface area is 93.5 Å². The van der Waals surface area contributed by atoms with E-state index in [1.165, 1.54) is 23.6 Å². The van der Waals surface area contributed by atoms with Gasteiger partial charge in [-0.1, -0.05) is 0 Å². The van der Waals surface area contributed by atoms with Crippen molar-refractivity contribution >= 4 is 11.9 Å². The molecule has 6 heteroatoms. The summed E-state index contributed by atoms with van der Waals surface area (Å²) in [6.45, 7) is 3.06. The molecule has 0 aliphatic carbocycles. The quantitative estimate of drug-likeness (QED) is 0.804. The molecule has 1 amide bonds. The normalized spacial score (nSPS) is 12.2. The molecule has 88 valence electrons. The second-order valence-electron chi connectivity index (χ2n) is 3.71. The van der Waals surface area contributed by atoms with E-state index in [2.05, 4.69) is 5.10 Å². The third-order valence-electron chi connectivity index (χ3n) is 2.46. The molecule has 16 heavy (non-hydrogen) atoms. The summed E-state index contributed by atoms with van der Waals surface area (Å²) in [7, 11) is 3.18. The molecule has 0 aliphatic rings. The largest absolute Gasteiger partial charge is 0.479 e. The van der Waals surface area contributed by atoms with Crippen LogP contribution in [0.1, 0.15) is 24.2 Å². The Bertz CT molecular complexity index is 425. The predicted octanol–water partition coefficient (Wildman–Crippen LogP) is 0.333. The average molecular weight is 225 g/mol. The van der Waals surface area contributed by atoms with Crippen LogP contribution in [0.4, 0.5) is 0 Å². The molecule has 0 saturated carbocycles. The molecular weight excluding hydrogens is 210 g/mol. The van der Waals surface area contributed by atoms with E-state index >= 15 is 0 Å². The molecule has 0 aromatic carbocycles. The van der Waals surface area contributed by atoms with E-state index in [0.717, 1.165) is 0 Å². The lowest BCUT2D eigenvalue weighted by Crippen LogP contribution is -2.34. The van der Waals surface area contributed by atoms with Crippen molar-refractivity contribution in [3.8, 4) is 0 Å². The maximum absolute atomic E-state index is 11.2. The zero-order valence-electron chi connectivity index (χ0n) is 9.76. The van der Waals surface area contributed by atoms with Crippen molar-refractivity contribution in [2.45, 2.75) is 19.9 Å². The van der Waals surface area contributed by atoms with Crippen LogP contribution in [-0.2, 0) is 16.6 Å². The fraction of sp³-hybridized carbons (Fsp3) is 0.500. The van der Waals surface area contributed by atoms with E-state index in [1.807, 2.05) is 0 Å². The number of carboxylic acids is 1. The minimum atomic E-state index is -1.06. The topological polar surface area (TPSA) is 75.4 Å². The van der Waals surface area contributed by atoms with Crippen molar-refractivity contribution in [1.29, 1.82) is 0 Å². The lowest BCUT2D eigenvalue weighted by molar-refractivity contribution is -0.148. The molecule has 1 heterocycles. The van der Waals surface area contributed by atoms with Crippen LogP contribution in [-0.4, -0.2) is 38.7 Å². The Balaban J connectivity index is 3.17. The van der Waals surface area contributed by atoms with Crippen molar-refractivity contribution in [2.75, 3.05) is 7.05 Å². The lowest BCUT2D eigenvalue weighted by atomic mass is 10.1. The number of carbonyl (C=O) groups is 2. The van der Waals surface area contributed by atoms with Gasteiger partial charge in [-0.15, -0.1) is 0 Å². The van der Waals surface area contributed by atoms with Gasteiger partial charge in [-0.2, -0.15) is 5.10 Å². The summed E-state index contributed by atoms with van der Waals surface area (Å²) in [5, 5.41) is 13.2. The molecule has 0 fully saturated rings. The number of aryl methyl sites for hydroxylation is 2. The summed E-state index contributed by atoms with van der Waals surface area (Å²) >= 11 is 0. The summed E-state index contributed by atoms with van der Waals surface area (Å²) in [6.07, 6.45) is 1.62. The summed E-state index contributed by atoms with van der Waals surface area (Å²) < 4.78 is 1.54. The molecule has 1 aromatic rings. The zero-order chi connectivity index (χ0) is 12.5. The molecule has 1 unspecified atom stereocenters. The second-order valence-corrected chi connectivity index (χ2v) is 3.71. The van der Waals surface area contributed by atoms with Gasteiger partial charge in [-0.25, -0.2) is 4.79 Å². The standard InChI is InChI=1S/C10H15N3O3/c1-6-8(5-12(3)11-6)9(10(15)16)13(4)7(2)14/h5,9H,1-4H3,(H,15,16).